The molecule has 56 heavy (non-hydrogen) atoms. The molecule has 0 unspecified atom stereocenters. The van der Waals surface area contributed by atoms with Crippen molar-refractivity contribution in [2.24, 2.45) is 29.1 Å². The fourth-order valence-corrected chi connectivity index (χ4v) is 7.97. The fraction of sp³-hybridized carbons (Fsp3) is 0.634. The van der Waals surface area contributed by atoms with Crippen molar-refractivity contribution in [2.45, 2.75) is 129 Å². The maximum absolute atomic E-state index is 14.8. The normalized spacial score (nSPS) is 20.4. The van der Waals surface area contributed by atoms with Crippen molar-refractivity contribution in [3.8, 4) is 5.88 Å². The van der Waals surface area contributed by atoms with Gasteiger partial charge in [-0.05, 0) is 49.4 Å². The average Bonchev–Trinajstić information content (AvgIpc) is 3.90. The van der Waals surface area contributed by atoms with Crippen LogP contribution in [0.1, 0.15) is 122 Å². The Morgan fingerprint density at radius 3 is 2.30 bits per heavy atom. The Labute approximate surface area is 327 Å². The van der Waals surface area contributed by atoms with Gasteiger partial charge in [-0.1, -0.05) is 53.4 Å². The molecule has 3 fully saturated rings. The number of hydrogen-bond acceptors (Lipinski definition) is 12. The Bertz CT molecular complexity index is 1750. The van der Waals surface area contributed by atoms with E-state index < -0.39 is 63.7 Å². The average molecular weight is 775 g/mol. The number of nitro groups is 1. The minimum Gasteiger partial charge on any atom is -0.472 e. The molecule has 3 heterocycles. The molecule has 2 aliphatic carbocycles. The van der Waals surface area contributed by atoms with Gasteiger partial charge in [-0.3, -0.25) is 43.9 Å². The molecular weight excluding hydrogens is 720 g/mol. The van der Waals surface area contributed by atoms with Gasteiger partial charge in [-0.15, -0.1) is 0 Å². The second-order valence-electron chi connectivity index (χ2n) is 16.7. The molecule has 1 saturated heterocycles. The van der Waals surface area contributed by atoms with Crippen LogP contribution in [-0.4, -0.2) is 84.5 Å². The van der Waals surface area contributed by atoms with Gasteiger partial charge >= 0.3 is 0 Å². The third-order valence-electron chi connectivity index (χ3n) is 11.3. The number of amides is 2. The van der Waals surface area contributed by atoms with Crippen molar-refractivity contribution in [3.63, 3.8) is 0 Å². The highest BCUT2D eigenvalue weighted by Gasteiger charge is 2.47. The van der Waals surface area contributed by atoms with Crippen LogP contribution in [0.15, 0.2) is 36.9 Å². The molecule has 5 rings (SSSR count). The van der Waals surface area contributed by atoms with E-state index in [0.717, 1.165) is 51.1 Å². The van der Waals surface area contributed by atoms with Gasteiger partial charge in [0, 0.05) is 62.0 Å². The number of hydrogen-bond donors (Lipinski definition) is 1. The van der Waals surface area contributed by atoms with E-state index >= 15 is 0 Å². The van der Waals surface area contributed by atoms with Crippen LogP contribution in [0, 0.1) is 39.2 Å². The van der Waals surface area contributed by atoms with Crippen LogP contribution in [0.4, 0.5) is 5.69 Å². The Balaban J connectivity index is 1.40. The summed E-state index contributed by atoms with van der Waals surface area (Å²) in [5, 5.41) is 14.1. The van der Waals surface area contributed by atoms with E-state index in [1.807, 2.05) is 27.7 Å². The number of aromatic nitrogens is 3. The van der Waals surface area contributed by atoms with E-state index in [2.05, 4.69) is 20.3 Å². The zero-order valence-electron chi connectivity index (χ0n) is 32.8. The molecule has 5 atom stereocenters. The number of nitrogens with one attached hydrogen (secondary N) is 1. The molecule has 15 heteroatoms. The summed E-state index contributed by atoms with van der Waals surface area (Å²) in [5.74, 6) is -4.24. The lowest BCUT2D eigenvalue weighted by atomic mass is 9.74. The number of ether oxygens (including phenoxy) is 1. The Hall–Kier alpha value is -4.95. The van der Waals surface area contributed by atoms with Crippen LogP contribution in [0.3, 0.4) is 0 Å². The molecule has 2 aromatic heterocycles. The van der Waals surface area contributed by atoms with E-state index in [4.69, 9.17) is 4.74 Å². The molecule has 15 nitrogen and oxygen atoms in total. The lowest BCUT2D eigenvalue weighted by Gasteiger charge is -2.36. The van der Waals surface area contributed by atoms with Gasteiger partial charge in [0.1, 0.15) is 18.0 Å². The number of likely N-dealkylation sites (tertiary alicyclic amines) is 1. The molecule has 2 amide bonds. The smallest absolute Gasteiger partial charge is 0.287 e. The van der Waals surface area contributed by atoms with Gasteiger partial charge < -0.3 is 15.0 Å². The van der Waals surface area contributed by atoms with Crippen molar-refractivity contribution in [3.05, 3.63) is 52.7 Å². The third kappa shape index (κ3) is 11.1. The number of carbonyl (C=O) groups excluding carboxylic acids is 6. The standard InChI is InChI=1S/C41H54N6O9/c1-5-9-27(38(51)35(50)18-25-12-13-25)19-33(48)32-20-29(56-36-15-14-28(22-44-36)47(54)55)24-46(32)40(53)30(41(2,3)4)21-34(49)37(26-10-7-6-8-11-26)45-39(52)31-23-42-16-17-43-31/h14-17,22-23,25-27,29-30,32,37H,5-13,18-21,24H2,1-4H3,(H,45,52)/t27-,29-,30-,32+,37+/m1/s1. The summed E-state index contributed by atoms with van der Waals surface area (Å²) < 4.78 is 6.08. The Morgan fingerprint density at radius 2 is 1.71 bits per heavy atom. The molecular formula is C41H54N6O9. The topological polar surface area (TPSA) is 209 Å². The molecule has 0 spiro atoms. The lowest BCUT2D eigenvalue weighted by molar-refractivity contribution is -0.385. The molecule has 0 radical (unpaired) electrons. The summed E-state index contributed by atoms with van der Waals surface area (Å²) in [7, 11) is 0. The first-order valence-electron chi connectivity index (χ1n) is 19.9. The predicted octanol–water partition coefficient (Wildman–Crippen LogP) is 5.44. The minimum atomic E-state index is -1.03. The maximum atomic E-state index is 14.8. The zero-order chi connectivity index (χ0) is 40.6. The number of rotatable bonds is 19. The highest BCUT2D eigenvalue weighted by atomic mass is 16.6. The summed E-state index contributed by atoms with van der Waals surface area (Å²) in [5.41, 5.74) is -0.916. The quantitative estimate of drug-likeness (QED) is 0.107. The molecule has 302 valence electrons. The van der Waals surface area contributed by atoms with Gasteiger partial charge in [0.05, 0.1) is 29.7 Å². The molecule has 1 N–H and O–H groups in total. The van der Waals surface area contributed by atoms with E-state index in [0.29, 0.717) is 12.8 Å². The number of pyridine rings is 1. The van der Waals surface area contributed by atoms with Crippen LogP contribution >= 0.6 is 0 Å². The molecule has 0 bridgehead atoms. The second-order valence-corrected chi connectivity index (χ2v) is 16.7. The first kappa shape index (κ1) is 42.2. The Kier molecular flexibility index (Phi) is 14.2. The molecule has 0 aromatic carbocycles. The lowest BCUT2D eigenvalue weighted by Crippen LogP contribution is -2.51. The number of carbonyl (C=O) groups is 6. The van der Waals surface area contributed by atoms with E-state index in [1.165, 1.54) is 35.6 Å². The van der Waals surface area contributed by atoms with E-state index in [1.54, 1.807) is 0 Å². The highest BCUT2D eigenvalue weighted by Crippen LogP contribution is 2.37. The number of Topliss-reactive ketones (excluding diaryl/α,β-unsaturated/α-hetero) is 4. The Morgan fingerprint density at radius 1 is 0.982 bits per heavy atom. The van der Waals surface area contributed by atoms with Crippen LogP contribution in [0.25, 0.3) is 0 Å². The van der Waals surface area contributed by atoms with Crippen molar-refractivity contribution >= 4 is 40.6 Å². The largest absolute Gasteiger partial charge is 0.472 e. The third-order valence-corrected chi connectivity index (χ3v) is 11.3. The van der Waals surface area contributed by atoms with Gasteiger partial charge in [0.25, 0.3) is 11.6 Å². The molecule has 3 aliphatic rings. The van der Waals surface area contributed by atoms with Crippen molar-refractivity contribution in [1.29, 1.82) is 0 Å². The number of nitrogens with zero attached hydrogens (tertiary/aromatic N) is 5. The van der Waals surface area contributed by atoms with Crippen LogP contribution < -0.4 is 10.1 Å². The summed E-state index contributed by atoms with van der Waals surface area (Å²) in [6.45, 7) is 7.38. The van der Waals surface area contributed by atoms with Crippen molar-refractivity contribution in [1.82, 2.24) is 25.2 Å². The van der Waals surface area contributed by atoms with Gasteiger partial charge in [-0.25, -0.2) is 9.97 Å². The van der Waals surface area contributed by atoms with Crippen LogP contribution in [0.2, 0.25) is 0 Å². The summed E-state index contributed by atoms with van der Waals surface area (Å²) >= 11 is 0. The van der Waals surface area contributed by atoms with Crippen LogP contribution in [-0.2, 0) is 24.0 Å². The fourth-order valence-electron chi connectivity index (χ4n) is 7.97. The van der Waals surface area contributed by atoms with E-state index in [9.17, 15) is 38.9 Å². The SMILES string of the molecule is CCC[C@H](CC(=O)[C@@H]1C[C@@H](Oc2ccc([N+](=O)[O-])cn2)CN1C(=O)[C@@H](CC(=O)[C@@H](NC(=O)c1cnccn1)C1CCCCC1)C(C)(C)C)C(=O)C(=O)CC1CC1. The second kappa shape index (κ2) is 18.8. The predicted molar refractivity (Wildman–Crippen MR) is 203 cm³/mol. The minimum absolute atomic E-state index is 0.0445. The summed E-state index contributed by atoms with van der Waals surface area (Å²) in [4.78, 5) is 107. The highest BCUT2D eigenvalue weighted by molar-refractivity contribution is 6.38. The van der Waals surface area contributed by atoms with Gasteiger partial charge in [0.2, 0.25) is 17.6 Å². The first-order chi connectivity index (χ1) is 26.7. The van der Waals surface area contributed by atoms with Crippen LogP contribution in [0.5, 0.6) is 5.88 Å². The molecule has 1 aliphatic heterocycles. The van der Waals surface area contributed by atoms with Gasteiger partial charge in [0.15, 0.2) is 17.3 Å². The van der Waals surface area contributed by atoms with Crippen molar-refractivity contribution < 1.29 is 38.4 Å². The molecule has 2 aromatic rings. The summed E-state index contributed by atoms with van der Waals surface area (Å²) in [6.07, 6.45) is 11.4. The van der Waals surface area contributed by atoms with E-state index in [-0.39, 0.29) is 72.9 Å². The summed E-state index contributed by atoms with van der Waals surface area (Å²) in [6, 6.07) is 0.701. The monoisotopic (exact) mass is 774 g/mol. The zero-order valence-corrected chi connectivity index (χ0v) is 32.8. The number of ketones is 4. The molecule has 2 saturated carbocycles. The van der Waals surface area contributed by atoms with Crippen molar-refractivity contribution in [2.75, 3.05) is 6.54 Å². The maximum Gasteiger partial charge on any atom is 0.287 e. The van der Waals surface area contributed by atoms with Gasteiger partial charge in [-0.2, -0.15) is 0 Å². The first-order valence-corrected chi connectivity index (χ1v) is 19.9.